The van der Waals surface area contributed by atoms with E-state index < -0.39 is 10.3 Å². The van der Waals surface area contributed by atoms with Gasteiger partial charge in [-0.3, -0.25) is 4.79 Å². The molecule has 0 saturated heterocycles. The van der Waals surface area contributed by atoms with Crippen LogP contribution in [0.15, 0.2) is 60.7 Å². The van der Waals surface area contributed by atoms with Gasteiger partial charge in [-0.25, -0.2) is 0 Å². The van der Waals surface area contributed by atoms with Crippen molar-refractivity contribution in [3.05, 3.63) is 66.2 Å². The number of carbonyl (C=O) groups is 1. The summed E-state index contributed by atoms with van der Waals surface area (Å²) in [6, 6.07) is 19.0. The fraction of sp³-hybridized carbons (Fsp3) is 0.188. The summed E-state index contributed by atoms with van der Waals surface area (Å²) in [5.74, 6) is -0.723. The summed E-state index contributed by atoms with van der Waals surface area (Å²) in [4.78, 5) is 12.3. The maximum Gasteiger partial charge on any atom is 0.231 e. The Morgan fingerprint density at radius 2 is 1.50 bits per heavy atom. The Labute approximate surface area is 127 Å². The molecule has 4 heteroatoms. The molecule has 0 aromatic heterocycles. The van der Waals surface area contributed by atoms with Gasteiger partial charge >= 0.3 is 0 Å². The third-order valence-electron chi connectivity index (χ3n) is 3.54. The van der Waals surface area contributed by atoms with Gasteiger partial charge in [-0.1, -0.05) is 48.5 Å². The molecule has 0 heterocycles. The first-order valence-corrected chi connectivity index (χ1v) is 7.15. The van der Waals surface area contributed by atoms with E-state index in [0.717, 1.165) is 11.3 Å². The number of hydrogen-bond donors (Lipinski definition) is 1. The van der Waals surface area contributed by atoms with Crippen molar-refractivity contribution in [2.24, 2.45) is 5.92 Å². The molecule has 2 atom stereocenters. The van der Waals surface area contributed by atoms with Crippen LogP contribution < -0.4 is 5.32 Å². The minimum absolute atomic E-state index is 0.143. The molecule has 2 aromatic carbocycles. The van der Waals surface area contributed by atoms with Gasteiger partial charge in [0.05, 0.1) is 5.92 Å². The second-order valence-electron chi connectivity index (χ2n) is 4.90. The fourth-order valence-corrected chi connectivity index (χ4v) is 3.30. The maximum atomic E-state index is 12.3. The first-order chi connectivity index (χ1) is 9.60. The van der Waals surface area contributed by atoms with Gasteiger partial charge in [0.2, 0.25) is 5.91 Å². The third kappa shape index (κ3) is 2.41. The molecule has 2 aromatic rings. The number of halogens is 2. The number of rotatable bonds is 3. The lowest BCUT2D eigenvalue weighted by Gasteiger charge is -2.04. The Morgan fingerprint density at radius 1 is 0.950 bits per heavy atom. The Morgan fingerprint density at radius 3 is 2.10 bits per heavy atom. The largest absolute Gasteiger partial charge is 0.326 e. The minimum atomic E-state index is -1.03. The lowest BCUT2D eigenvalue weighted by Crippen LogP contribution is -2.16. The van der Waals surface area contributed by atoms with E-state index in [-0.39, 0.29) is 11.8 Å². The minimum Gasteiger partial charge on any atom is -0.326 e. The van der Waals surface area contributed by atoms with Crippen LogP contribution in [-0.4, -0.2) is 10.2 Å². The van der Waals surface area contributed by atoms with Crippen LogP contribution in [0.3, 0.4) is 0 Å². The summed E-state index contributed by atoms with van der Waals surface area (Å²) in [6.07, 6.45) is 0. The third-order valence-corrected chi connectivity index (χ3v) is 4.48. The lowest BCUT2D eigenvalue weighted by atomic mass is 10.1. The van der Waals surface area contributed by atoms with Crippen molar-refractivity contribution in [3.8, 4) is 0 Å². The quantitative estimate of drug-likeness (QED) is 0.846. The van der Waals surface area contributed by atoms with E-state index in [1.54, 1.807) is 0 Å². The van der Waals surface area contributed by atoms with Gasteiger partial charge in [0.1, 0.15) is 4.33 Å². The SMILES string of the molecule is O=C(Nc1ccccc1)[C@H]1[C@H](c2ccccc2)C1(Cl)Cl. The summed E-state index contributed by atoms with van der Waals surface area (Å²) >= 11 is 12.5. The van der Waals surface area contributed by atoms with Crippen molar-refractivity contribution in [1.29, 1.82) is 0 Å². The van der Waals surface area contributed by atoms with Gasteiger partial charge in [0.15, 0.2) is 0 Å². The molecular formula is C16H13Cl2NO. The Balaban J connectivity index is 1.76. The monoisotopic (exact) mass is 305 g/mol. The zero-order chi connectivity index (χ0) is 14.2. The van der Waals surface area contributed by atoms with Crippen molar-refractivity contribution < 1.29 is 4.79 Å². The molecule has 3 rings (SSSR count). The normalized spacial score (nSPS) is 23.1. The topological polar surface area (TPSA) is 29.1 Å². The maximum absolute atomic E-state index is 12.3. The molecule has 1 N–H and O–H groups in total. The van der Waals surface area contributed by atoms with E-state index in [1.165, 1.54) is 0 Å². The molecule has 0 bridgehead atoms. The van der Waals surface area contributed by atoms with E-state index >= 15 is 0 Å². The highest BCUT2D eigenvalue weighted by atomic mass is 35.5. The van der Waals surface area contributed by atoms with Crippen molar-refractivity contribution >= 4 is 34.8 Å². The predicted molar refractivity (Wildman–Crippen MR) is 82.2 cm³/mol. The Bertz CT molecular complexity index is 613. The summed E-state index contributed by atoms with van der Waals surface area (Å²) in [5.41, 5.74) is 1.74. The van der Waals surface area contributed by atoms with E-state index in [9.17, 15) is 4.79 Å². The summed E-state index contributed by atoms with van der Waals surface area (Å²) < 4.78 is -1.03. The van der Waals surface area contributed by atoms with Crippen LogP contribution in [0.1, 0.15) is 11.5 Å². The second kappa shape index (κ2) is 5.12. The molecule has 2 nitrogen and oxygen atoms in total. The lowest BCUT2D eigenvalue weighted by molar-refractivity contribution is -0.117. The number of anilines is 1. The molecule has 1 aliphatic rings. The average Bonchev–Trinajstić information content (AvgIpc) is 3.04. The van der Waals surface area contributed by atoms with Crippen molar-refractivity contribution in [3.63, 3.8) is 0 Å². The fourth-order valence-electron chi connectivity index (χ4n) is 2.47. The van der Waals surface area contributed by atoms with Gasteiger partial charge in [-0.05, 0) is 17.7 Å². The number of para-hydroxylation sites is 1. The Kier molecular flexibility index (Phi) is 3.45. The van der Waals surface area contributed by atoms with E-state index in [1.807, 2.05) is 60.7 Å². The van der Waals surface area contributed by atoms with E-state index in [4.69, 9.17) is 23.2 Å². The number of benzene rings is 2. The molecule has 0 spiro atoms. The average molecular weight is 306 g/mol. The smallest absolute Gasteiger partial charge is 0.231 e. The summed E-state index contributed by atoms with van der Waals surface area (Å²) in [7, 11) is 0. The number of nitrogens with one attached hydrogen (secondary N) is 1. The first-order valence-electron chi connectivity index (χ1n) is 6.39. The van der Waals surface area contributed by atoms with Crippen LogP contribution in [0, 0.1) is 5.92 Å². The zero-order valence-electron chi connectivity index (χ0n) is 10.6. The molecule has 0 aliphatic heterocycles. The van der Waals surface area contributed by atoms with Gasteiger partial charge in [-0.2, -0.15) is 0 Å². The highest BCUT2D eigenvalue weighted by Gasteiger charge is 2.67. The van der Waals surface area contributed by atoms with Crippen molar-refractivity contribution in [1.82, 2.24) is 0 Å². The molecule has 20 heavy (non-hydrogen) atoms. The van der Waals surface area contributed by atoms with Crippen LogP contribution >= 0.6 is 23.2 Å². The van der Waals surface area contributed by atoms with Crippen LogP contribution in [0.25, 0.3) is 0 Å². The molecule has 0 radical (unpaired) electrons. The van der Waals surface area contributed by atoms with Crippen LogP contribution in [0.2, 0.25) is 0 Å². The number of carbonyl (C=O) groups excluding carboxylic acids is 1. The molecule has 1 aliphatic carbocycles. The molecule has 102 valence electrons. The van der Waals surface area contributed by atoms with Gasteiger partial charge in [-0.15, -0.1) is 23.2 Å². The number of alkyl halides is 2. The second-order valence-corrected chi connectivity index (χ2v) is 6.34. The van der Waals surface area contributed by atoms with Gasteiger partial charge in [0.25, 0.3) is 0 Å². The molecule has 1 saturated carbocycles. The molecule has 1 fully saturated rings. The highest BCUT2D eigenvalue weighted by Crippen LogP contribution is 2.65. The van der Waals surface area contributed by atoms with E-state index in [0.29, 0.717) is 0 Å². The number of hydrogen-bond acceptors (Lipinski definition) is 1. The van der Waals surface area contributed by atoms with Gasteiger partial charge in [0, 0.05) is 11.6 Å². The highest BCUT2D eigenvalue weighted by molar-refractivity contribution is 6.53. The molecule has 1 amide bonds. The number of amides is 1. The standard InChI is InChI=1S/C16H13Cl2NO/c17-16(18)13(11-7-3-1-4-8-11)14(16)15(20)19-12-9-5-2-6-10-12/h1-10,13-14H,(H,19,20)/t13-,14+/m0/s1. The zero-order valence-corrected chi connectivity index (χ0v) is 12.1. The molecule has 0 unspecified atom stereocenters. The summed E-state index contributed by atoms with van der Waals surface area (Å²) in [6.45, 7) is 0. The van der Waals surface area contributed by atoms with E-state index in [2.05, 4.69) is 5.32 Å². The van der Waals surface area contributed by atoms with Crippen LogP contribution in [-0.2, 0) is 4.79 Å². The van der Waals surface area contributed by atoms with Crippen LogP contribution in [0.5, 0.6) is 0 Å². The Hall–Kier alpha value is -1.51. The summed E-state index contributed by atoms with van der Waals surface area (Å²) in [5, 5.41) is 2.85. The van der Waals surface area contributed by atoms with Crippen LogP contribution in [0.4, 0.5) is 5.69 Å². The molecular weight excluding hydrogens is 293 g/mol. The van der Waals surface area contributed by atoms with Crippen molar-refractivity contribution in [2.45, 2.75) is 10.3 Å². The predicted octanol–water partition coefficient (Wildman–Crippen LogP) is 4.21. The van der Waals surface area contributed by atoms with Gasteiger partial charge < -0.3 is 5.32 Å². The first kappa shape index (κ1) is 13.5. The van der Waals surface area contributed by atoms with Crippen molar-refractivity contribution in [2.75, 3.05) is 5.32 Å².